The zero-order valence-corrected chi connectivity index (χ0v) is 10.1. The Morgan fingerprint density at radius 2 is 2.35 bits per heavy atom. The Kier molecular flexibility index (Phi) is 3.22. The van der Waals surface area contributed by atoms with Gasteiger partial charge in [0.2, 0.25) is 0 Å². The minimum absolute atomic E-state index is 0.256. The lowest BCUT2D eigenvalue weighted by Gasteiger charge is -2.28. The number of hydrogen-bond donors (Lipinski definition) is 2. The van der Waals surface area contributed by atoms with E-state index < -0.39 is 5.97 Å². The van der Waals surface area contributed by atoms with Gasteiger partial charge < -0.3 is 15.2 Å². The maximum absolute atomic E-state index is 10.9. The SMILES string of the molecule is CC(C)CC1COc2ccc(C(=O)O)cc2N1. The van der Waals surface area contributed by atoms with Gasteiger partial charge in [0.1, 0.15) is 12.4 Å². The molecule has 1 atom stereocenters. The molecule has 1 heterocycles. The van der Waals surface area contributed by atoms with Crippen LogP contribution in [-0.4, -0.2) is 23.7 Å². The highest BCUT2D eigenvalue weighted by Crippen LogP contribution is 2.31. The van der Waals surface area contributed by atoms with Crippen molar-refractivity contribution in [2.45, 2.75) is 26.3 Å². The molecule has 4 nitrogen and oxygen atoms in total. The van der Waals surface area contributed by atoms with Crippen molar-refractivity contribution in [2.75, 3.05) is 11.9 Å². The number of carboxylic acids is 1. The summed E-state index contributed by atoms with van der Waals surface area (Å²) in [6.07, 6.45) is 1.01. The smallest absolute Gasteiger partial charge is 0.335 e. The van der Waals surface area contributed by atoms with Crippen molar-refractivity contribution in [2.24, 2.45) is 5.92 Å². The second-order valence-electron chi connectivity index (χ2n) is 4.80. The number of carbonyl (C=O) groups is 1. The zero-order valence-electron chi connectivity index (χ0n) is 10.1. The molecule has 1 unspecified atom stereocenters. The Hall–Kier alpha value is -1.71. The summed E-state index contributed by atoms with van der Waals surface area (Å²) in [6, 6.07) is 5.15. The molecule has 1 aromatic carbocycles. The number of aromatic carboxylic acids is 1. The number of fused-ring (bicyclic) bond motifs is 1. The van der Waals surface area contributed by atoms with Crippen LogP contribution < -0.4 is 10.1 Å². The normalized spacial score (nSPS) is 18.2. The van der Waals surface area contributed by atoms with Crippen LogP contribution in [-0.2, 0) is 0 Å². The molecule has 0 radical (unpaired) electrons. The van der Waals surface area contributed by atoms with Gasteiger partial charge in [-0.2, -0.15) is 0 Å². The summed E-state index contributed by atoms with van der Waals surface area (Å²) < 4.78 is 5.62. The first-order valence-electron chi connectivity index (χ1n) is 5.83. The molecule has 0 amide bonds. The Morgan fingerprint density at radius 3 is 3.00 bits per heavy atom. The zero-order chi connectivity index (χ0) is 12.4. The van der Waals surface area contributed by atoms with Gasteiger partial charge in [0, 0.05) is 0 Å². The van der Waals surface area contributed by atoms with Crippen molar-refractivity contribution in [1.29, 1.82) is 0 Å². The number of ether oxygens (including phenoxy) is 1. The van der Waals surface area contributed by atoms with E-state index >= 15 is 0 Å². The molecule has 1 aromatic rings. The van der Waals surface area contributed by atoms with Crippen molar-refractivity contribution in [3.63, 3.8) is 0 Å². The summed E-state index contributed by atoms with van der Waals surface area (Å²) in [7, 11) is 0. The van der Waals surface area contributed by atoms with Crippen molar-refractivity contribution < 1.29 is 14.6 Å². The summed E-state index contributed by atoms with van der Waals surface area (Å²) in [5.41, 5.74) is 1.06. The van der Waals surface area contributed by atoms with Crippen LogP contribution in [0.25, 0.3) is 0 Å². The van der Waals surface area contributed by atoms with Gasteiger partial charge in [-0.3, -0.25) is 0 Å². The molecular weight excluding hydrogens is 218 g/mol. The van der Waals surface area contributed by atoms with Crippen molar-refractivity contribution in [1.82, 2.24) is 0 Å². The summed E-state index contributed by atoms with van der Waals surface area (Å²) in [6.45, 7) is 4.95. The largest absolute Gasteiger partial charge is 0.489 e. The minimum atomic E-state index is -0.916. The van der Waals surface area contributed by atoms with E-state index in [9.17, 15) is 4.79 Å². The van der Waals surface area contributed by atoms with E-state index in [2.05, 4.69) is 19.2 Å². The van der Waals surface area contributed by atoms with Gasteiger partial charge in [-0.1, -0.05) is 13.8 Å². The van der Waals surface area contributed by atoms with E-state index in [4.69, 9.17) is 9.84 Å². The van der Waals surface area contributed by atoms with Gasteiger partial charge in [-0.25, -0.2) is 4.79 Å². The predicted molar refractivity (Wildman–Crippen MR) is 65.8 cm³/mol. The molecule has 0 bridgehead atoms. The maximum Gasteiger partial charge on any atom is 0.335 e. The molecule has 0 fully saturated rings. The fraction of sp³-hybridized carbons (Fsp3) is 0.462. The van der Waals surface area contributed by atoms with E-state index in [0.717, 1.165) is 17.9 Å². The standard InChI is InChI=1S/C13H17NO3/c1-8(2)5-10-7-17-12-4-3-9(13(15)16)6-11(12)14-10/h3-4,6,8,10,14H,5,7H2,1-2H3,(H,15,16). The molecular formula is C13H17NO3. The summed E-state index contributed by atoms with van der Waals surface area (Å²) in [5.74, 6) is 0.399. The maximum atomic E-state index is 10.9. The Labute approximate surface area is 101 Å². The van der Waals surface area contributed by atoms with Gasteiger partial charge in [-0.15, -0.1) is 0 Å². The third kappa shape index (κ3) is 2.70. The fourth-order valence-electron chi connectivity index (χ4n) is 2.05. The summed E-state index contributed by atoms with van der Waals surface area (Å²) in [4.78, 5) is 10.9. The van der Waals surface area contributed by atoms with Gasteiger partial charge >= 0.3 is 5.97 Å². The monoisotopic (exact) mass is 235 g/mol. The molecule has 92 valence electrons. The fourth-order valence-corrected chi connectivity index (χ4v) is 2.05. The Bertz CT molecular complexity index is 429. The van der Waals surface area contributed by atoms with E-state index in [0.29, 0.717) is 12.5 Å². The average Bonchev–Trinajstić information content (AvgIpc) is 2.27. The minimum Gasteiger partial charge on any atom is -0.489 e. The van der Waals surface area contributed by atoms with Crippen LogP contribution >= 0.6 is 0 Å². The highest BCUT2D eigenvalue weighted by Gasteiger charge is 2.20. The van der Waals surface area contributed by atoms with Crippen LogP contribution in [0, 0.1) is 5.92 Å². The van der Waals surface area contributed by atoms with Crippen molar-refractivity contribution in [3.8, 4) is 5.75 Å². The second kappa shape index (κ2) is 4.65. The van der Waals surface area contributed by atoms with Crippen LogP contribution in [0.2, 0.25) is 0 Å². The van der Waals surface area contributed by atoms with Crippen molar-refractivity contribution >= 4 is 11.7 Å². The third-order valence-corrected chi connectivity index (χ3v) is 2.78. The molecule has 1 aliphatic rings. The molecule has 1 aliphatic heterocycles. The van der Waals surface area contributed by atoms with Gasteiger partial charge in [0.25, 0.3) is 0 Å². The number of carboxylic acid groups (broad SMARTS) is 1. The summed E-state index contributed by atoms with van der Waals surface area (Å²) >= 11 is 0. The lowest BCUT2D eigenvalue weighted by atomic mass is 10.0. The second-order valence-corrected chi connectivity index (χ2v) is 4.80. The third-order valence-electron chi connectivity index (χ3n) is 2.78. The first kappa shape index (κ1) is 11.8. The first-order chi connectivity index (χ1) is 8.06. The number of nitrogens with one attached hydrogen (secondary N) is 1. The van der Waals surface area contributed by atoms with Crippen LogP contribution in [0.15, 0.2) is 18.2 Å². The van der Waals surface area contributed by atoms with Crippen LogP contribution in [0.5, 0.6) is 5.75 Å². The quantitative estimate of drug-likeness (QED) is 0.845. The molecule has 0 saturated carbocycles. The molecule has 2 N–H and O–H groups in total. The lowest BCUT2D eigenvalue weighted by molar-refractivity contribution is 0.0697. The van der Waals surface area contributed by atoms with Crippen molar-refractivity contribution in [3.05, 3.63) is 23.8 Å². The van der Waals surface area contributed by atoms with Gasteiger partial charge in [0.15, 0.2) is 0 Å². The number of anilines is 1. The molecule has 17 heavy (non-hydrogen) atoms. The lowest BCUT2D eigenvalue weighted by Crippen LogP contribution is -2.32. The van der Waals surface area contributed by atoms with E-state index in [1.807, 2.05) is 0 Å². The average molecular weight is 235 g/mol. The topological polar surface area (TPSA) is 58.6 Å². The molecule has 2 rings (SSSR count). The first-order valence-corrected chi connectivity index (χ1v) is 5.83. The molecule has 0 saturated heterocycles. The molecule has 0 aromatic heterocycles. The molecule has 0 aliphatic carbocycles. The van der Waals surface area contributed by atoms with E-state index in [1.165, 1.54) is 0 Å². The van der Waals surface area contributed by atoms with Gasteiger partial charge in [-0.05, 0) is 30.5 Å². The predicted octanol–water partition coefficient (Wildman–Crippen LogP) is 2.60. The summed E-state index contributed by atoms with van der Waals surface area (Å²) in [5, 5.41) is 12.3. The number of rotatable bonds is 3. The number of hydrogen-bond acceptors (Lipinski definition) is 3. The number of benzene rings is 1. The van der Waals surface area contributed by atoms with Crippen LogP contribution in [0.3, 0.4) is 0 Å². The van der Waals surface area contributed by atoms with Crippen LogP contribution in [0.1, 0.15) is 30.6 Å². The highest BCUT2D eigenvalue weighted by molar-refractivity contribution is 5.89. The Balaban J connectivity index is 2.17. The Morgan fingerprint density at radius 1 is 1.59 bits per heavy atom. The van der Waals surface area contributed by atoms with E-state index in [-0.39, 0.29) is 11.6 Å². The van der Waals surface area contributed by atoms with Gasteiger partial charge in [0.05, 0.1) is 17.3 Å². The van der Waals surface area contributed by atoms with E-state index in [1.54, 1.807) is 18.2 Å². The van der Waals surface area contributed by atoms with Crippen LogP contribution in [0.4, 0.5) is 5.69 Å². The molecule has 0 spiro atoms. The highest BCUT2D eigenvalue weighted by atomic mass is 16.5. The molecule has 4 heteroatoms.